The molecule has 1 aromatic rings. The molecule has 1 heterocycles. The van der Waals surface area contributed by atoms with E-state index < -0.39 is 10.0 Å². The molecule has 2 N–H and O–H groups in total. The van der Waals surface area contributed by atoms with Crippen LogP contribution in [-0.4, -0.2) is 20.5 Å². The standard InChI is InChI=1S/C15H24N2O2S2/c1-11-4-2-3-5-14(11)17-21(18,19)15-8-12(10-20-15)9-16-13-6-7-13/h8,10-11,13-14,16-17H,2-7,9H2,1H3. The molecule has 0 saturated heterocycles. The van der Waals surface area contributed by atoms with Crippen LogP contribution in [0.4, 0.5) is 0 Å². The monoisotopic (exact) mass is 328 g/mol. The molecule has 1 aromatic heterocycles. The van der Waals surface area contributed by atoms with Crippen LogP contribution in [-0.2, 0) is 16.6 Å². The van der Waals surface area contributed by atoms with E-state index in [0.717, 1.165) is 31.4 Å². The molecule has 3 rings (SSSR count). The molecule has 2 atom stereocenters. The van der Waals surface area contributed by atoms with Crippen molar-refractivity contribution in [3.05, 3.63) is 17.0 Å². The molecule has 21 heavy (non-hydrogen) atoms. The van der Waals surface area contributed by atoms with Gasteiger partial charge < -0.3 is 5.32 Å². The first kappa shape index (κ1) is 15.5. The van der Waals surface area contributed by atoms with Crippen molar-refractivity contribution >= 4 is 21.4 Å². The Hall–Kier alpha value is -0.430. The third-order valence-electron chi connectivity index (χ3n) is 4.48. The lowest BCUT2D eigenvalue weighted by Gasteiger charge is -2.28. The van der Waals surface area contributed by atoms with Gasteiger partial charge in [0.1, 0.15) is 4.21 Å². The number of thiophene rings is 1. The summed E-state index contributed by atoms with van der Waals surface area (Å²) in [5.74, 6) is 0.435. The molecular formula is C15H24N2O2S2. The molecular weight excluding hydrogens is 304 g/mol. The summed E-state index contributed by atoms with van der Waals surface area (Å²) >= 11 is 1.33. The average molecular weight is 329 g/mol. The molecule has 0 aliphatic heterocycles. The van der Waals surface area contributed by atoms with Gasteiger partial charge in [-0.05, 0) is 48.6 Å². The van der Waals surface area contributed by atoms with Crippen LogP contribution in [0, 0.1) is 5.92 Å². The number of hydrogen-bond acceptors (Lipinski definition) is 4. The van der Waals surface area contributed by atoms with Crippen LogP contribution < -0.4 is 10.0 Å². The van der Waals surface area contributed by atoms with Gasteiger partial charge in [-0.1, -0.05) is 19.8 Å². The molecule has 118 valence electrons. The van der Waals surface area contributed by atoms with Crippen molar-refractivity contribution in [3.63, 3.8) is 0 Å². The second-order valence-corrected chi connectivity index (χ2v) is 9.27. The van der Waals surface area contributed by atoms with Crippen LogP contribution in [0.3, 0.4) is 0 Å². The van der Waals surface area contributed by atoms with Gasteiger partial charge in [-0.25, -0.2) is 13.1 Å². The molecule has 2 unspecified atom stereocenters. The summed E-state index contributed by atoms with van der Waals surface area (Å²) in [7, 11) is -3.35. The molecule has 2 saturated carbocycles. The number of sulfonamides is 1. The second-order valence-electron chi connectivity index (χ2n) is 6.42. The van der Waals surface area contributed by atoms with E-state index in [1.165, 1.54) is 30.6 Å². The lowest BCUT2D eigenvalue weighted by Crippen LogP contribution is -2.40. The highest BCUT2D eigenvalue weighted by atomic mass is 32.2. The highest BCUT2D eigenvalue weighted by molar-refractivity contribution is 7.91. The fraction of sp³-hybridized carbons (Fsp3) is 0.733. The zero-order valence-corrected chi connectivity index (χ0v) is 14.1. The summed E-state index contributed by atoms with van der Waals surface area (Å²) in [5.41, 5.74) is 1.07. The van der Waals surface area contributed by atoms with Crippen LogP contribution in [0.1, 0.15) is 51.0 Å². The van der Waals surface area contributed by atoms with Crippen molar-refractivity contribution in [2.75, 3.05) is 0 Å². The van der Waals surface area contributed by atoms with Crippen LogP contribution in [0.25, 0.3) is 0 Å². The Labute approximate surface area is 131 Å². The fourth-order valence-electron chi connectivity index (χ4n) is 2.89. The van der Waals surface area contributed by atoms with Crippen molar-refractivity contribution in [2.24, 2.45) is 5.92 Å². The van der Waals surface area contributed by atoms with E-state index in [-0.39, 0.29) is 6.04 Å². The molecule has 2 aliphatic rings. The predicted octanol–water partition coefficient (Wildman–Crippen LogP) is 2.86. The van der Waals surface area contributed by atoms with Gasteiger partial charge in [0, 0.05) is 18.6 Å². The molecule has 4 nitrogen and oxygen atoms in total. The molecule has 0 spiro atoms. The Bertz CT molecular complexity index is 578. The zero-order valence-electron chi connectivity index (χ0n) is 12.5. The highest BCUT2D eigenvalue weighted by Crippen LogP contribution is 2.27. The minimum absolute atomic E-state index is 0.0962. The molecule has 0 amide bonds. The second kappa shape index (κ2) is 6.36. The summed E-state index contributed by atoms with van der Waals surface area (Å²) in [5, 5.41) is 5.37. The van der Waals surface area contributed by atoms with E-state index >= 15 is 0 Å². The third kappa shape index (κ3) is 4.06. The van der Waals surface area contributed by atoms with Gasteiger partial charge in [0.25, 0.3) is 0 Å². The lowest BCUT2D eigenvalue weighted by atomic mass is 9.87. The average Bonchev–Trinajstić information content (AvgIpc) is 3.15. The zero-order chi connectivity index (χ0) is 14.9. The van der Waals surface area contributed by atoms with E-state index in [0.29, 0.717) is 16.2 Å². The summed E-state index contributed by atoms with van der Waals surface area (Å²) in [6, 6.07) is 2.56. The summed E-state index contributed by atoms with van der Waals surface area (Å²) in [6.07, 6.45) is 6.91. The van der Waals surface area contributed by atoms with Crippen molar-refractivity contribution in [2.45, 2.75) is 68.3 Å². The van der Waals surface area contributed by atoms with Gasteiger partial charge in [0.15, 0.2) is 0 Å². The lowest BCUT2D eigenvalue weighted by molar-refractivity contribution is 0.310. The first-order chi connectivity index (χ1) is 10.0. The Balaban J connectivity index is 1.63. The van der Waals surface area contributed by atoms with Crippen LogP contribution in [0.5, 0.6) is 0 Å². The van der Waals surface area contributed by atoms with Crippen LogP contribution in [0.2, 0.25) is 0 Å². The first-order valence-electron chi connectivity index (χ1n) is 7.88. The molecule has 6 heteroatoms. The minimum Gasteiger partial charge on any atom is -0.310 e. The molecule has 0 radical (unpaired) electrons. The SMILES string of the molecule is CC1CCCCC1NS(=O)(=O)c1cc(CNC2CC2)cs1. The maximum Gasteiger partial charge on any atom is 0.250 e. The van der Waals surface area contributed by atoms with Crippen molar-refractivity contribution in [1.29, 1.82) is 0 Å². The maximum absolute atomic E-state index is 12.5. The van der Waals surface area contributed by atoms with Gasteiger partial charge in [-0.3, -0.25) is 0 Å². The van der Waals surface area contributed by atoms with Crippen LogP contribution >= 0.6 is 11.3 Å². The van der Waals surface area contributed by atoms with Crippen molar-refractivity contribution in [1.82, 2.24) is 10.0 Å². The normalized spacial score (nSPS) is 26.9. The minimum atomic E-state index is -3.35. The van der Waals surface area contributed by atoms with Crippen molar-refractivity contribution in [3.8, 4) is 0 Å². The Morgan fingerprint density at radius 1 is 1.24 bits per heavy atom. The highest BCUT2D eigenvalue weighted by Gasteiger charge is 2.27. The Morgan fingerprint density at radius 2 is 2.00 bits per heavy atom. The largest absolute Gasteiger partial charge is 0.310 e. The van der Waals surface area contributed by atoms with E-state index in [1.54, 1.807) is 0 Å². The van der Waals surface area contributed by atoms with E-state index in [9.17, 15) is 8.42 Å². The summed E-state index contributed by atoms with van der Waals surface area (Å²) in [4.78, 5) is 0. The van der Waals surface area contributed by atoms with E-state index in [1.807, 2.05) is 11.4 Å². The van der Waals surface area contributed by atoms with Gasteiger partial charge in [-0.15, -0.1) is 11.3 Å². The molecule has 0 aromatic carbocycles. The number of nitrogens with one attached hydrogen (secondary N) is 2. The van der Waals surface area contributed by atoms with E-state index in [2.05, 4.69) is 17.0 Å². The Kier molecular flexibility index (Phi) is 4.69. The molecule has 2 fully saturated rings. The molecule has 0 bridgehead atoms. The quantitative estimate of drug-likeness (QED) is 0.844. The Morgan fingerprint density at radius 3 is 2.71 bits per heavy atom. The fourth-order valence-corrected chi connectivity index (χ4v) is 5.49. The summed E-state index contributed by atoms with van der Waals surface area (Å²) in [6.45, 7) is 2.92. The number of hydrogen-bond donors (Lipinski definition) is 2. The van der Waals surface area contributed by atoms with E-state index in [4.69, 9.17) is 0 Å². The topological polar surface area (TPSA) is 58.2 Å². The van der Waals surface area contributed by atoms with Gasteiger partial charge in [0.05, 0.1) is 0 Å². The van der Waals surface area contributed by atoms with Gasteiger partial charge in [-0.2, -0.15) is 0 Å². The predicted molar refractivity (Wildman–Crippen MR) is 85.9 cm³/mol. The summed E-state index contributed by atoms with van der Waals surface area (Å²) < 4.78 is 28.3. The van der Waals surface area contributed by atoms with Gasteiger partial charge >= 0.3 is 0 Å². The third-order valence-corrected chi connectivity index (χ3v) is 7.46. The first-order valence-corrected chi connectivity index (χ1v) is 10.2. The maximum atomic E-state index is 12.5. The van der Waals surface area contributed by atoms with Gasteiger partial charge in [0.2, 0.25) is 10.0 Å². The van der Waals surface area contributed by atoms with Crippen LogP contribution in [0.15, 0.2) is 15.7 Å². The molecule has 2 aliphatic carbocycles. The number of rotatable bonds is 6. The van der Waals surface area contributed by atoms with Crippen molar-refractivity contribution < 1.29 is 8.42 Å². The smallest absolute Gasteiger partial charge is 0.250 e.